The minimum absolute atomic E-state index is 0.378. The summed E-state index contributed by atoms with van der Waals surface area (Å²) < 4.78 is 0. The number of pyridine rings is 1. The minimum atomic E-state index is -0.378. The summed E-state index contributed by atoms with van der Waals surface area (Å²) in [5.74, 6) is 4.99. The second-order valence-electron chi connectivity index (χ2n) is 12.0. The Morgan fingerprint density at radius 3 is 2.66 bits per heavy atom. The van der Waals surface area contributed by atoms with Crippen molar-refractivity contribution < 1.29 is 5.11 Å². The molecule has 0 aromatic carbocycles. The van der Waals surface area contributed by atoms with E-state index >= 15 is 0 Å². The molecule has 1 heterocycles. The van der Waals surface area contributed by atoms with E-state index in [1.54, 1.807) is 0 Å². The van der Waals surface area contributed by atoms with E-state index in [4.69, 9.17) is 5.26 Å². The van der Waals surface area contributed by atoms with Crippen LogP contribution in [0.3, 0.4) is 0 Å². The monoisotopic (exact) mass is 435 g/mol. The number of nitriles is 1. The van der Waals surface area contributed by atoms with Crippen molar-refractivity contribution in [2.45, 2.75) is 96.6 Å². The van der Waals surface area contributed by atoms with Crippen molar-refractivity contribution in [3.05, 3.63) is 24.0 Å². The van der Waals surface area contributed by atoms with Gasteiger partial charge in [0.15, 0.2) is 0 Å². The van der Waals surface area contributed by atoms with Gasteiger partial charge in [-0.1, -0.05) is 13.8 Å². The molecule has 0 aliphatic heterocycles. The third kappa shape index (κ3) is 3.65. The summed E-state index contributed by atoms with van der Waals surface area (Å²) in [6.07, 6.45) is 14.3. The topological polar surface area (TPSA) is 68.9 Å². The largest absolute Gasteiger partial charge is 0.390 e. The molecule has 4 fully saturated rings. The quantitative estimate of drug-likeness (QED) is 0.594. The fourth-order valence-electron chi connectivity index (χ4n) is 9.05. The van der Waals surface area contributed by atoms with Crippen molar-refractivity contribution in [2.75, 3.05) is 5.32 Å². The van der Waals surface area contributed by atoms with Crippen LogP contribution in [0.4, 0.5) is 5.69 Å². The summed E-state index contributed by atoms with van der Waals surface area (Å²) >= 11 is 0. The maximum absolute atomic E-state index is 10.9. The van der Waals surface area contributed by atoms with E-state index in [1.807, 2.05) is 18.3 Å². The van der Waals surface area contributed by atoms with Crippen LogP contribution in [-0.4, -0.2) is 21.7 Å². The molecule has 0 spiro atoms. The number of anilines is 1. The van der Waals surface area contributed by atoms with E-state index in [-0.39, 0.29) is 5.60 Å². The molecule has 1 unspecified atom stereocenters. The van der Waals surface area contributed by atoms with Crippen molar-refractivity contribution in [2.24, 2.45) is 40.9 Å². The zero-order chi connectivity index (χ0) is 22.5. The average Bonchev–Trinajstić information content (AvgIpc) is 3.16. The van der Waals surface area contributed by atoms with Gasteiger partial charge in [0.05, 0.1) is 17.5 Å². The van der Waals surface area contributed by atoms with Gasteiger partial charge in [-0.05, 0) is 124 Å². The molecule has 174 valence electrons. The van der Waals surface area contributed by atoms with Gasteiger partial charge in [0.2, 0.25) is 0 Å². The fraction of sp³-hybridized carbons (Fsp3) is 0.786. The Bertz CT molecular complexity index is 862. The second-order valence-corrected chi connectivity index (χ2v) is 12.0. The zero-order valence-electron chi connectivity index (χ0n) is 20.2. The Labute approximate surface area is 194 Å². The molecule has 0 bridgehead atoms. The van der Waals surface area contributed by atoms with Crippen LogP contribution in [0.25, 0.3) is 0 Å². The van der Waals surface area contributed by atoms with E-state index in [2.05, 4.69) is 37.1 Å². The second kappa shape index (κ2) is 8.32. The minimum Gasteiger partial charge on any atom is -0.390 e. The number of hydrogen-bond donors (Lipinski definition) is 2. The summed E-state index contributed by atoms with van der Waals surface area (Å²) in [7, 11) is 0. The highest BCUT2D eigenvalue weighted by molar-refractivity contribution is 5.43. The Morgan fingerprint density at radius 2 is 1.94 bits per heavy atom. The van der Waals surface area contributed by atoms with Crippen molar-refractivity contribution >= 4 is 5.69 Å². The standard InChI is InChI=1S/C28H41N3O/c1-4-28(32)14-12-22-19(15-28)5-8-24-23(22)11-13-27(3)25(9-10-26(24)27)18(2)31-21-7-6-20(16-29)30-17-21/h6-7,17-19,22-26,31-32H,4-5,8-15H2,1-3H3/t18-,19-,22+,23-,24-,25?,26+,27-,28-/m1/s1. The molecule has 4 aliphatic carbocycles. The zero-order valence-corrected chi connectivity index (χ0v) is 20.2. The lowest BCUT2D eigenvalue weighted by Gasteiger charge is -2.57. The lowest BCUT2D eigenvalue weighted by Crippen LogP contribution is -2.51. The van der Waals surface area contributed by atoms with E-state index < -0.39 is 0 Å². The summed E-state index contributed by atoms with van der Waals surface area (Å²) in [4.78, 5) is 4.24. The number of rotatable bonds is 4. The molecule has 32 heavy (non-hydrogen) atoms. The molecule has 4 saturated carbocycles. The first-order valence-electron chi connectivity index (χ1n) is 13.2. The predicted molar refractivity (Wildman–Crippen MR) is 128 cm³/mol. The third-order valence-electron chi connectivity index (χ3n) is 10.7. The lowest BCUT2D eigenvalue weighted by molar-refractivity contribution is -0.107. The van der Waals surface area contributed by atoms with Crippen LogP contribution in [0.2, 0.25) is 0 Å². The average molecular weight is 436 g/mol. The smallest absolute Gasteiger partial charge is 0.140 e. The molecule has 4 heteroatoms. The first kappa shape index (κ1) is 22.2. The maximum atomic E-state index is 10.9. The Hall–Kier alpha value is -1.60. The van der Waals surface area contributed by atoms with Gasteiger partial charge >= 0.3 is 0 Å². The molecule has 0 amide bonds. The molecule has 0 saturated heterocycles. The highest BCUT2D eigenvalue weighted by Crippen LogP contribution is 2.65. The molecular weight excluding hydrogens is 394 g/mol. The fourth-order valence-corrected chi connectivity index (χ4v) is 9.05. The number of nitrogens with zero attached hydrogens (tertiary/aromatic N) is 2. The molecular formula is C28H41N3O. The van der Waals surface area contributed by atoms with Crippen LogP contribution >= 0.6 is 0 Å². The van der Waals surface area contributed by atoms with Crippen LogP contribution in [0, 0.1) is 52.3 Å². The van der Waals surface area contributed by atoms with Gasteiger partial charge in [-0.2, -0.15) is 5.26 Å². The molecule has 5 rings (SSSR count). The molecule has 4 aliphatic rings. The Morgan fingerprint density at radius 1 is 1.12 bits per heavy atom. The summed E-state index contributed by atoms with van der Waals surface area (Å²) in [5, 5.41) is 23.7. The molecule has 1 aromatic heterocycles. The molecule has 9 atom stereocenters. The van der Waals surface area contributed by atoms with Crippen LogP contribution in [0.15, 0.2) is 18.3 Å². The first-order valence-corrected chi connectivity index (χ1v) is 13.2. The summed E-state index contributed by atoms with van der Waals surface area (Å²) in [6, 6.07) is 6.33. The molecule has 1 aromatic rings. The lowest BCUT2D eigenvalue weighted by atomic mass is 9.48. The van der Waals surface area contributed by atoms with Gasteiger partial charge in [0.1, 0.15) is 11.8 Å². The van der Waals surface area contributed by atoms with Crippen LogP contribution < -0.4 is 5.32 Å². The van der Waals surface area contributed by atoms with Crippen molar-refractivity contribution in [1.82, 2.24) is 4.98 Å². The van der Waals surface area contributed by atoms with E-state index in [9.17, 15) is 5.11 Å². The van der Waals surface area contributed by atoms with Crippen molar-refractivity contribution in [3.63, 3.8) is 0 Å². The SMILES string of the molecule is CC[C@@]1(O)CC[C@H]2[C@H](CC[C@@H]3[C@@H]2CC[C@]2(C)C([C@@H](C)Nc4ccc(C#N)nc4)CC[C@@H]32)C1. The van der Waals surface area contributed by atoms with Gasteiger partial charge in [0.25, 0.3) is 0 Å². The number of hydrogen-bond acceptors (Lipinski definition) is 4. The van der Waals surface area contributed by atoms with E-state index in [0.29, 0.717) is 23.1 Å². The van der Waals surface area contributed by atoms with Crippen LogP contribution in [-0.2, 0) is 0 Å². The van der Waals surface area contributed by atoms with Gasteiger partial charge in [-0.15, -0.1) is 0 Å². The Kier molecular flexibility index (Phi) is 5.77. The van der Waals surface area contributed by atoms with Crippen molar-refractivity contribution in [3.8, 4) is 6.07 Å². The van der Waals surface area contributed by atoms with Crippen molar-refractivity contribution in [1.29, 1.82) is 5.26 Å². The normalized spacial score (nSPS) is 44.0. The van der Waals surface area contributed by atoms with Gasteiger partial charge in [-0.25, -0.2) is 4.98 Å². The van der Waals surface area contributed by atoms with Gasteiger partial charge in [-0.3, -0.25) is 0 Å². The number of fused-ring (bicyclic) bond motifs is 5. The van der Waals surface area contributed by atoms with E-state index in [1.165, 1.54) is 44.9 Å². The van der Waals surface area contributed by atoms with Crippen LogP contribution in [0.1, 0.15) is 90.7 Å². The predicted octanol–water partition coefficient (Wildman–Crippen LogP) is 6.16. The summed E-state index contributed by atoms with van der Waals surface area (Å²) in [5.41, 5.74) is 1.56. The highest BCUT2D eigenvalue weighted by Gasteiger charge is 2.58. The molecule has 2 N–H and O–H groups in total. The van der Waals surface area contributed by atoms with E-state index in [0.717, 1.165) is 54.5 Å². The number of nitrogens with one attached hydrogen (secondary N) is 1. The van der Waals surface area contributed by atoms with Gasteiger partial charge in [0, 0.05) is 6.04 Å². The van der Waals surface area contributed by atoms with Gasteiger partial charge < -0.3 is 10.4 Å². The first-order chi connectivity index (χ1) is 15.4. The Balaban J connectivity index is 1.28. The third-order valence-corrected chi connectivity index (χ3v) is 10.7. The number of aromatic nitrogens is 1. The maximum Gasteiger partial charge on any atom is 0.140 e. The summed E-state index contributed by atoms with van der Waals surface area (Å²) in [6.45, 7) is 7.12. The number of aliphatic hydroxyl groups is 1. The highest BCUT2D eigenvalue weighted by atomic mass is 16.3. The van der Waals surface area contributed by atoms with Crippen LogP contribution in [0.5, 0.6) is 0 Å². The molecule has 4 nitrogen and oxygen atoms in total. The molecule has 0 radical (unpaired) electrons.